The van der Waals surface area contributed by atoms with Gasteiger partial charge in [0.1, 0.15) is 29.7 Å². The lowest BCUT2D eigenvalue weighted by molar-refractivity contribution is -0.140. The molecule has 3 heterocycles. The predicted molar refractivity (Wildman–Crippen MR) is 115 cm³/mol. The van der Waals surface area contributed by atoms with Gasteiger partial charge < -0.3 is 15.2 Å². The van der Waals surface area contributed by atoms with Crippen molar-refractivity contribution in [2.75, 3.05) is 28.3 Å². The van der Waals surface area contributed by atoms with E-state index in [-0.39, 0.29) is 35.8 Å². The maximum atomic E-state index is 15.3. The van der Waals surface area contributed by atoms with Gasteiger partial charge in [0.2, 0.25) is 5.56 Å². The van der Waals surface area contributed by atoms with E-state index < -0.39 is 40.4 Å². The first-order valence-electron chi connectivity index (χ1n) is 10.4. The van der Waals surface area contributed by atoms with Gasteiger partial charge in [0, 0.05) is 23.9 Å². The van der Waals surface area contributed by atoms with Gasteiger partial charge in [0.25, 0.3) is 5.91 Å². The Morgan fingerprint density at radius 3 is 2.41 bits per heavy atom. The third kappa shape index (κ3) is 3.47. The molecular weight excluding hydrogens is 459 g/mol. The van der Waals surface area contributed by atoms with Crippen LogP contribution in [0.5, 0.6) is 0 Å². The second-order valence-electron chi connectivity index (χ2n) is 7.97. The molecule has 2 aromatic carbocycles. The SMILES string of the molecule is O=C1c2c(ccc(C(F)(F)F)c2F)N2CN1c1ccc(=O)[nH]c1NCCCc1c(F)cccc12. The number of nitrogens with zero attached hydrogens (tertiary/aromatic N) is 2. The molecule has 34 heavy (non-hydrogen) atoms. The Morgan fingerprint density at radius 1 is 0.882 bits per heavy atom. The number of carbonyl (C=O) groups excluding carboxylic acids is 1. The first-order valence-corrected chi connectivity index (χ1v) is 10.4. The van der Waals surface area contributed by atoms with Gasteiger partial charge in [-0.1, -0.05) is 6.07 Å². The van der Waals surface area contributed by atoms with Crippen LogP contribution in [-0.2, 0) is 12.6 Å². The topological polar surface area (TPSA) is 68.4 Å². The summed E-state index contributed by atoms with van der Waals surface area (Å²) in [6, 6.07) is 8.37. The van der Waals surface area contributed by atoms with Gasteiger partial charge in [0.15, 0.2) is 0 Å². The van der Waals surface area contributed by atoms with Crippen molar-refractivity contribution in [1.82, 2.24) is 4.98 Å². The molecule has 2 N–H and O–H groups in total. The Kier molecular flexibility index (Phi) is 5.07. The number of aromatic nitrogens is 1. The van der Waals surface area contributed by atoms with Gasteiger partial charge in [0.05, 0.1) is 16.9 Å². The van der Waals surface area contributed by atoms with Gasteiger partial charge in [-0.15, -0.1) is 0 Å². The van der Waals surface area contributed by atoms with E-state index in [4.69, 9.17) is 0 Å². The molecule has 0 spiro atoms. The molecule has 1 amide bonds. The summed E-state index contributed by atoms with van der Waals surface area (Å²) in [7, 11) is 0. The number of nitrogens with one attached hydrogen (secondary N) is 2. The number of benzene rings is 2. The van der Waals surface area contributed by atoms with Gasteiger partial charge in [-0.3, -0.25) is 14.5 Å². The second-order valence-corrected chi connectivity index (χ2v) is 7.97. The molecule has 0 fully saturated rings. The van der Waals surface area contributed by atoms with Gasteiger partial charge in [-0.25, -0.2) is 8.78 Å². The van der Waals surface area contributed by atoms with Gasteiger partial charge in [-0.2, -0.15) is 13.2 Å². The van der Waals surface area contributed by atoms with Crippen LogP contribution < -0.4 is 20.7 Å². The lowest BCUT2D eigenvalue weighted by atomic mass is 9.99. The van der Waals surface area contributed by atoms with E-state index in [0.29, 0.717) is 24.7 Å². The van der Waals surface area contributed by atoms with E-state index in [9.17, 15) is 27.2 Å². The maximum Gasteiger partial charge on any atom is 0.419 e. The average molecular weight is 476 g/mol. The second kappa shape index (κ2) is 7.86. The highest BCUT2D eigenvalue weighted by molar-refractivity contribution is 6.14. The van der Waals surface area contributed by atoms with Crippen molar-refractivity contribution >= 4 is 28.8 Å². The number of halogens is 5. The summed E-state index contributed by atoms with van der Waals surface area (Å²) < 4.78 is 70.4. The minimum Gasteiger partial charge on any atom is -0.370 e. The van der Waals surface area contributed by atoms with E-state index in [0.717, 1.165) is 17.0 Å². The number of hydrogen-bond donors (Lipinski definition) is 2. The number of rotatable bonds is 0. The van der Waals surface area contributed by atoms with E-state index in [2.05, 4.69) is 10.3 Å². The van der Waals surface area contributed by atoms with Crippen molar-refractivity contribution < 1.29 is 26.7 Å². The molecule has 0 saturated heterocycles. The van der Waals surface area contributed by atoms with Crippen molar-refractivity contribution in [1.29, 1.82) is 0 Å². The highest BCUT2D eigenvalue weighted by Crippen LogP contribution is 2.43. The van der Waals surface area contributed by atoms with Crippen LogP contribution >= 0.6 is 0 Å². The number of pyridine rings is 1. The fourth-order valence-corrected chi connectivity index (χ4v) is 4.37. The fourth-order valence-electron chi connectivity index (χ4n) is 4.37. The molecule has 0 unspecified atom stereocenters. The minimum absolute atomic E-state index is 0.100. The highest BCUT2D eigenvalue weighted by atomic mass is 19.4. The van der Waals surface area contributed by atoms with E-state index in [1.165, 1.54) is 23.1 Å². The molecule has 0 aliphatic carbocycles. The van der Waals surface area contributed by atoms with Crippen LogP contribution in [-0.4, -0.2) is 24.1 Å². The zero-order valence-electron chi connectivity index (χ0n) is 17.5. The van der Waals surface area contributed by atoms with Crippen molar-refractivity contribution in [2.24, 2.45) is 0 Å². The Hall–Kier alpha value is -3.89. The number of carbonyl (C=O) groups is 1. The first-order chi connectivity index (χ1) is 16.2. The monoisotopic (exact) mass is 476 g/mol. The summed E-state index contributed by atoms with van der Waals surface area (Å²) in [6.45, 7) is 0.0656. The molecule has 2 aliphatic rings. The van der Waals surface area contributed by atoms with Crippen molar-refractivity contribution in [2.45, 2.75) is 19.0 Å². The number of alkyl halides is 3. The van der Waals surface area contributed by atoms with Crippen molar-refractivity contribution in [3.63, 3.8) is 0 Å². The van der Waals surface area contributed by atoms with Crippen LogP contribution in [0.2, 0.25) is 0 Å². The summed E-state index contributed by atoms with van der Waals surface area (Å²) in [5, 5.41) is 2.99. The van der Waals surface area contributed by atoms with Crippen LogP contribution in [0.1, 0.15) is 27.9 Å². The van der Waals surface area contributed by atoms with Crippen molar-refractivity contribution in [3.8, 4) is 0 Å². The molecule has 11 heteroatoms. The van der Waals surface area contributed by atoms with E-state index >= 15 is 4.39 Å². The quantitative estimate of drug-likeness (QED) is 0.458. The minimum atomic E-state index is -5.02. The zero-order valence-corrected chi connectivity index (χ0v) is 17.5. The first kappa shape index (κ1) is 21.9. The normalized spacial score (nSPS) is 15.6. The molecule has 5 rings (SSSR count). The molecule has 2 aliphatic heterocycles. The molecule has 3 aromatic rings. The molecule has 1 aromatic heterocycles. The van der Waals surface area contributed by atoms with E-state index in [1.54, 1.807) is 6.07 Å². The Labute approximate surface area is 189 Å². The molecule has 0 radical (unpaired) electrons. The van der Waals surface area contributed by atoms with Gasteiger partial charge >= 0.3 is 6.18 Å². The number of amides is 1. The highest BCUT2D eigenvalue weighted by Gasteiger charge is 2.42. The largest absolute Gasteiger partial charge is 0.419 e. The Morgan fingerprint density at radius 2 is 1.65 bits per heavy atom. The summed E-state index contributed by atoms with van der Waals surface area (Å²) >= 11 is 0. The van der Waals surface area contributed by atoms with E-state index in [1.807, 2.05) is 0 Å². The van der Waals surface area contributed by atoms with Crippen LogP contribution in [0.4, 0.5) is 44.8 Å². The Balaban J connectivity index is 1.81. The summed E-state index contributed by atoms with van der Waals surface area (Å²) in [4.78, 5) is 30.3. The summed E-state index contributed by atoms with van der Waals surface area (Å²) in [6.07, 6.45) is -4.32. The predicted octanol–water partition coefficient (Wildman–Crippen LogP) is 4.79. The molecule has 176 valence electrons. The molecule has 2 bridgehead atoms. The number of hydrogen-bond acceptors (Lipinski definition) is 4. The maximum absolute atomic E-state index is 15.3. The summed E-state index contributed by atoms with van der Waals surface area (Å²) in [5.41, 5.74) is -2.19. The van der Waals surface area contributed by atoms with Crippen LogP contribution in [0, 0.1) is 11.6 Å². The zero-order chi connectivity index (χ0) is 24.2. The molecule has 6 nitrogen and oxygen atoms in total. The lowest BCUT2D eigenvalue weighted by Gasteiger charge is -2.39. The lowest BCUT2D eigenvalue weighted by Crippen LogP contribution is -2.46. The third-order valence-electron chi connectivity index (χ3n) is 5.94. The Bertz CT molecular complexity index is 1370. The summed E-state index contributed by atoms with van der Waals surface area (Å²) in [5.74, 6) is -3.10. The van der Waals surface area contributed by atoms with Crippen LogP contribution in [0.3, 0.4) is 0 Å². The van der Waals surface area contributed by atoms with Crippen molar-refractivity contribution in [3.05, 3.63) is 81.1 Å². The number of anilines is 4. The third-order valence-corrected chi connectivity index (χ3v) is 5.94. The number of aromatic amines is 1. The van der Waals surface area contributed by atoms with Crippen LogP contribution in [0.15, 0.2) is 47.3 Å². The smallest absolute Gasteiger partial charge is 0.370 e. The molecule has 0 atom stereocenters. The molecule has 0 saturated carbocycles. The standard InChI is InChI=1S/C23H17F5N4O2/c24-14-4-1-5-15-12(14)3-2-10-29-21-17(8-9-18(33)30-21)32-11-31(15)16-7-6-13(23(26,27)28)20(25)19(16)22(32)34/h1,4-9H,2-3,10-11H2,(H2,29,30,33). The fraction of sp³-hybridized carbons (Fsp3) is 0.217. The van der Waals surface area contributed by atoms with Crippen LogP contribution in [0.25, 0.3) is 0 Å². The van der Waals surface area contributed by atoms with Gasteiger partial charge in [-0.05, 0) is 43.2 Å². The number of fused-ring (bicyclic) bond motifs is 8. The average Bonchev–Trinajstić information content (AvgIpc) is 2.79. The molecular formula is C23H17F5N4O2. The number of H-pyrrole nitrogens is 1.